The van der Waals surface area contributed by atoms with Gasteiger partial charge in [-0.25, -0.2) is 0 Å². The average molecular weight is 453 g/mol. The number of rotatable bonds is 5. The summed E-state index contributed by atoms with van der Waals surface area (Å²) in [6.45, 7) is 1.49. The minimum Gasteiger partial charge on any atom is -0.497 e. The molecule has 29 heavy (non-hydrogen) atoms. The van der Waals surface area contributed by atoms with Gasteiger partial charge in [0.15, 0.2) is 5.78 Å². The number of aromatic nitrogens is 1. The van der Waals surface area contributed by atoms with Crippen molar-refractivity contribution in [3.8, 4) is 17.7 Å². The Morgan fingerprint density at radius 2 is 1.79 bits per heavy atom. The van der Waals surface area contributed by atoms with Crippen LogP contribution in [0.25, 0.3) is 0 Å². The average Bonchev–Trinajstić information content (AvgIpc) is 2.72. The Balaban J connectivity index is 2.15. The van der Waals surface area contributed by atoms with Crippen LogP contribution in [0.15, 0.2) is 57.8 Å². The molecule has 0 aliphatic heterocycles. The molecule has 0 aliphatic rings. The van der Waals surface area contributed by atoms with E-state index in [1.807, 2.05) is 6.07 Å². The SMILES string of the molecule is COc1ccc(Cn2c(O)c(C(=O)c3ccc(Br)cc3)c(C)c(C#N)c2=O)cc1. The van der Waals surface area contributed by atoms with Crippen molar-refractivity contribution in [1.82, 2.24) is 4.57 Å². The molecule has 0 saturated carbocycles. The predicted molar refractivity (Wildman–Crippen MR) is 111 cm³/mol. The number of ether oxygens (including phenoxy) is 1. The molecule has 3 aromatic rings. The molecule has 1 aromatic heterocycles. The smallest absolute Gasteiger partial charge is 0.271 e. The summed E-state index contributed by atoms with van der Waals surface area (Å²) in [6.07, 6.45) is 0. The molecule has 0 bridgehead atoms. The summed E-state index contributed by atoms with van der Waals surface area (Å²) in [6, 6.07) is 15.4. The van der Waals surface area contributed by atoms with Crippen molar-refractivity contribution in [3.05, 3.63) is 91.2 Å². The van der Waals surface area contributed by atoms with Crippen molar-refractivity contribution in [2.24, 2.45) is 0 Å². The highest BCUT2D eigenvalue weighted by Crippen LogP contribution is 2.26. The third-order valence-corrected chi connectivity index (χ3v) is 5.16. The van der Waals surface area contributed by atoms with E-state index in [2.05, 4.69) is 15.9 Å². The first-order chi connectivity index (χ1) is 13.9. The lowest BCUT2D eigenvalue weighted by Gasteiger charge is -2.16. The lowest BCUT2D eigenvalue weighted by atomic mass is 9.97. The van der Waals surface area contributed by atoms with Crippen LogP contribution in [0.5, 0.6) is 11.6 Å². The predicted octanol–water partition coefficient (Wildman–Crippen LogP) is 3.78. The Labute approximate surface area is 175 Å². The number of carbonyl (C=O) groups is 1. The van der Waals surface area contributed by atoms with E-state index in [1.54, 1.807) is 55.6 Å². The van der Waals surface area contributed by atoms with E-state index in [0.717, 1.165) is 9.04 Å². The summed E-state index contributed by atoms with van der Waals surface area (Å²) in [5, 5.41) is 20.3. The number of carbonyl (C=O) groups excluding carboxylic acids is 1. The molecule has 1 heterocycles. The van der Waals surface area contributed by atoms with Gasteiger partial charge in [0, 0.05) is 10.0 Å². The zero-order valence-electron chi connectivity index (χ0n) is 15.8. The summed E-state index contributed by atoms with van der Waals surface area (Å²) in [5.41, 5.74) is 0.330. The minimum atomic E-state index is -0.648. The third-order valence-electron chi connectivity index (χ3n) is 4.63. The van der Waals surface area contributed by atoms with Crippen molar-refractivity contribution in [1.29, 1.82) is 5.26 Å². The first-order valence-electron chi connectivity index (χ1n) is 8.67. The van der Waals surface area contributed by atoms with Crippen LogP contribution in [-0.2, 0) is 6.54 Å². The number of hydrogen-bond acceptors (Lipinski definition) is 5. The fourth-order valence-electron chi connectivity index (χ4n) is 3.03. The maximum Gasteiger partial charge on any atom is 0.271 e. The minimum absolute atomic E-state index is 0.00421. The molecule has 0 amide bonds. The number of aromatic hydroxyl groups is 1. The number of methoxy groups -OCH3 is 1. The van der Waals surface area contributed by atoms with E-state index < -0.39 is 17.2 Å². The number of nitrogens with zero attached hydrogens (tertiary/aromatic N) is 2. The molecule has 0 atom stereocenters. The molecule has 0 spiro atoms. The van der Waals surface area contributed by atoms with Crippen molar-refractivity contribution in [2.75, 3.05) is 7.11 Å². The van der Waals surface area contributed by atoms with Gasteiger partial charge in [0.05, 0.1) is 19.2 Å². The van der Waals surface area contributed by atoms with Gasteiger partial charge in [0.25, 0.3) is 5.56 Å². The van der Waals surface area contributed by atoms with E-state index in [4.69, 9.17) is 4.74 Å². The Hall–Kier alpha value is -3.37. The highest BCUT2D eigenvalue weighted by Gasteiger charge is 2.25. The van der Waals surface area contributed by atoms with Crippen LogP contribution in [-0.4, -0.2) is 22.6 Å². The monoisotopic (exact) mass is 452 g/mol. The van der Waals surface area contributed by atoms with Gasteiger partial charge in [0.2, 0.25) is 5.88 Å². The molecule has 0 radical (unpaired) electrons. The van der Waals surface area contributed by atoms with E-state index in [9.17, 15) is 20.0 Å². The van der Waals surface area contributed by atoms with E-state index in [1.165, 1.54) is 6.92 Å². The molecule has 7 heteroatoms. The number of halogens is 1. The Bertz CT molecular complexity index is 1170. The van der Waals surface area contributed by atoms with Crippen LogP contribution in [0.4, 0.5) is 0 Å². The summed E-state index contributed by atoms with van der Waals surface area (Å²) in [7, 11) is 1.55. The zero-order chi connectivity index (χ0) is 21.1. The van der Waals surface area contributed by atoms with Crippen LogP contribution in [0, 0.1) is 18.3 Å². The molecule has 0 saturated heterocycles. The van der Waals surface area contributed by atoms with E-state index >= 15 is 0 Å². The molecule has 0 unspecified atom stereocenters. The largest absolute Gasteiger partial charge is 0.497 e. The second-order valence-electron chi connectivity index (χ2n) is 6.39. The van der Waals surface area contributed by atoms with Crippen LogP contribution in [0.1, 0.15) is 32.6 Å². The number of benzene rings is 2. The molecular formula is C22H17BrN2O4. The molecular weight excluding hydrogens is 436 g/mol. The van der Waals surface area contributed by atoms with E-state index in [-0.39, 0.29) is 23.2 Å². The van der Waals surface area contributed by atoms with Gasteiger partial charge in [-0.3, -0.25) is 14.2 Å². The van der Waals surface area contributed by atoms with Crippen molar-refractivity contribution in [3.63, 3.8) is 0 Å². The molecule has 2 aromatic carbocycles. The summed E-state index contributed by atoms with van der Waals surface area (Å²) < 4.78 is 6.96. The van der Waals surface area contributed by atoms with E-state index in [0.29, 0.717) is 16.9 Å². The zero-order valence-corrected chi connectivity index (χ0v) is 17.4. The van der Waals surface area contributed by atoms with Gasteiger partial charge < -0.3 is 9.84 Å². The van der Waals surface area contributed by atoms with Crippen molar-refractivity contribution >= 4 is 21.7 Å². The number of pyridine rings is 1. The molecule has 6 nitrogen and oxygen atoms in total. The lowest BCUT2D eigenvalue weighted by molar-refractivity contribution is 0.103. The standard InChI is InChI=1S/C22H17BrN2O4/c1-13-18(11-24)21(27)25(12-14-3-9-17(29-2)10-4-14)22(28)19(13)20(26)15-5-7-16(23)8-6-15/h3-10,28H,12H2,1-2H3. The van der Waals surface area contributed by atoms with Gasteiger partial charge >= 0.3 is 0 Å². The topological polar surface area (TPSA) is 92.3 Å². The number of ketones is 1. The van der Waals surface area contributed by atoms with Crippen LogP contribution in [0.3, 0.4) is 0 Å². The maximum atomic E-state index is 13.1. The summed E-state index contributed by atoms with van der Waals surface area (Å²) in [4.78, 5) is 25.8. The first-order valence-corrected chi connectivity index (χ1v) is 9.46. The van der Waals surface area contributed by atoms with Gasteiger partial charge in [-0.1, -0.05) is 28.1 Å². The second kappa shape index (κ2) is 8.33. The van der Waals surface area contributed by atoms with Crippen LogP contribution in [0.2, 0.25) is 0 Å². The fourth-order valence-corrected chi connectivity index (χ4v) is 3.29. The van der Waals surface area contributed by atoms with Crippen LogP contribution < -0.4 is 10.3 Å². The lowest BCUT2D eigenvalue weighted by Crippen LogP contribution is -2.27. The first kappa shape index (κ1) is 20.4. The highest BCUT2D eigenvalue weighted by molar-refractivity contribution is 9.10. The van der Waals surface area contributed by atoms with Crippen molar-refractivity contribution in [2.45, 2.75) is 13.5 Å². The Kier molecular flexibility index (Phi) is 5.85. The third kappa shape index (κ3) is 3.93. The summed E-state index contributed by atoms with van der Waals surface area (Å²) >= 11 is 3.31. The highest BCUT2D eigenvalue weighted by atomic mass is 79.9. The quantitative estimate of drug-likeness (QED) is 0.594. The molecule has 146 valence electrons. The molecule has 0 fully saturated rings. The van der Waals surface area contributed by atoms with Gasteiger partial charge in [-0.15, -0.1) is 0 Å². The van der Waals surface area contributed by atoms with Crippen molar-refractivity contribution < 1.29 is 14.6 Å². The van der Waals surface area contributed by atoms with Gasteiger partial charge in [0.1, 0.15) is 17.4 Å². The summed E-state index contributed by atoms with van der Waals surface area (Å²) in [5.74, 6) is -0.277. The van der Waals surface area contributed by atoms with Gasteiger partial charge in [-0.2, -0.15) is 5.26 Å². The normalized spacial score (nSPS) is 10.4. The van der Waals surface area contributed by atoms with Crippen LogP contribution >= 0.6 is 15.9 Å². The van der Waals surface area contributed by atoms with Gasteiger partial charge in [-0.05, 0) is 54.4 Å². The number of nitriles is 1. The Morgan fingerprint density at radius 3 is 2.34 bits per heavy atom. The molecule has 1 N–H and O–H groups in total. The Morgan fingerprint density at radius 1 is 1.17 bits per heavy atom. The number of hydrogen-bond donors (Lipinski definition) is 1. The fraction of sp³-hybridized carbons (Fsp3) is 0.136. The maximum absolute atomic E-state index is 13.1. The molecule has 0 aliphatic carbocycles. The molecule has 3 rings (SSSR count). The second-order valence-corrected chi connectivity index (χ2v) is 7.30.